The molecule has 7 nitrogen and oxygen atoms in total. The van der Waals surface area contributed by atoms with Crippen molar-refractivity contribution in [3.8, 4) is 22.8 Å². The molecule has 0 spiro atoms. The summed E-state index contributed by atoms with van der Waals surface area (Å²) < 4.78 is 40.2. The highest BCUT2D eigenvalue weighted by Crippen LogP contribution is 2.40. The molecule has 0 aliphatic heterocycles. The van der Waals surface area contributed by atoms with Crippen LogP contribution in [0.5, 0.6) is 11.6 Å². The lowest BCUT2D eigenvalue weighted by atomic mass is 9.98. The Kier molecular flexibility index (Phi) is 9.18. The Morgan fingerprint density at radius 2 is 1.92 bits per heavy atom. The van der Waals surface area contributed by atoms with Gasteiger partial charge in [0, 0.05) is 43.7 Å². The molecule has 37 heavy (non-hydrogen) atoms. The van der Waals surface area contributed by atoms with Crippen LogP contribution in [0.3, 0.4) is 0 Å². The van der Waals surface area contributed by atoms with Gasteiger partial charge in [-0.1, -0.05) is 30.3 Å². The fourth-order valence-electron chi connectivity index (χ4n) is 4.72. The Hall–Kier alpha value is -2.94. The molecule has 1 N–H and O–H groups in total. The highest BCUT2D eigenvalue weighted by Gasteiger charge is 2.26. The number of benzene rings is 2. The lowest BCUT2D eigenvalue weighted by Crippen LogP contribution is -2.08. The summed E-state index contributed by atoms with van der Waals surface area (Å²) in [5.41, 5.74) is 5.64. The van der Waals surface area contributed by atoms with Crippen molar-refractivity contribution in [2.45, 2.75) is 44.8 Å². The van der Waals surface area contributed by atoms with Crippen molar-refractivity contribution in [2.75, 3.05) is 31.8 Å². The average molecular weight is 526 g/mol. The highest BCUT2D eigenvalue weighted by atomic mass is 32.2. The lowest BCUT2D eigenvalue weighted by Gasteiger charge is -2.19. The van der Waals surface area contributed by atoms with Crippen LogP contribution in [-0.2, 0) is 21.0 Å². The van der Waals surface area contributed by atoms with Crippen LogP contribution in [0.15, 0.2) is 60.8 Å². The van der Waals surface area contributed by atoms with Crippen LogP contribution in [0.25, 0.3) is 11.1 Å². The number of pyridine rings is 1. The molecule has 198 valence electrons. The maximum Gasteiger partial charge on any atom is 0.213 e. The first kappa shape index (κ1) is 27.1. The fraction of sp³-hybridized carbons (Fsp3) is 0.414. The third kappa shape index (κ3) is 7.31. The molecule has 4 rings (SSSR count). The van der Waals surface area contributed by atoms with E-state index in [1.807, 2.05) is 43.3 Å². The first-order valence-corrected chi connectivity index (χ1v) is 14.8. The Balaban J connectivity index is 1.41. The maximum absolute atomic E-state index is 11.3. The van der Waals surface area contributed by atoms with Gasteiger partial charge in [-0.25, -0.2) is 13.4 Å². The SMILES string of the molecule is CCO[C@@H](CCO)c1ccc(O[C@@H]2CCc3c(-c4ccc(OCCCS(C)(=O)=O)nc4)cccc32)cc1. The fourth-order valence-corrected chi connectivity index (χ4v) is 5.36. The number of aliphatic hydroxyl groups is 1. The summed E-state index contributed by atoms with van der Waals surface area (Å²) in [7, 11) is -2.99. The normalized spacial score (nSPS) is 15.8. The Bertz CT molecular complexity index is 1250. The number of aromatic nitrogens is 1. The molecule has 1 aromatic heterocycles. The molecule has 0 unspecified atom stereocenters. The molecule has 3 aromatic rings. The molecule has 0 bridgehead atoms. The second kappa shape index (κ2) is 12.5. The molecule has 2 atom stereocenters. The van der Waals surface area contributed by atoms with Gasteiger partial charge in [0.15, 0.2) is 0 Å². The van der Waals surface area contributed by atoms with Crippen molar-refractivity contribution in [2.24, 2.45) is 0 Å². The van der Waals surface area contributed by atoms with E-state index < -0.39 is 9.84 Å². The first-order valence-electron chi connectivity index (χ1n) is 12.8. The molecular weight excluding hydrogens is 490 g/mol. The van der Waals surface area contributed by atoms with Crippen LogP contribution in [-0.4, -0.2) is 50.3 Å². The zero-order valence-corrected chi connectivity index (χ0v) is 22.2. The van der Waals surface area contributed by atoms with E-state index in [1.165, 1.54) is 17.4 Å². The molecule has 0 radical (unpaired) electrons. The van der Waals surface area contributed by atoms with Crippen molar-refractivity contribution in [1.82, 2.24) is 4.98 Å². The minimum absolute atomic E-state index is 0.0219. The van der Waals surface area contributed by atoms with Crippen LogP contribution in [0.4, 0.5) is 0 Å². The summed E-state index contributed by atoms with van der Waals surface area (Å²) in [4.78, 5) is 4.42. The number of fused-ring (bicyclic) bond motifs is 1. The predicted octanol–water partition coefficient (Wildman–Crippen LogP) is 5.09. The summed E-state index contributed by atoms with van der Waals surface area (Å²) in [5.74, 6) is 1.40. The van der Waals surface area contributed by atoms with Crippen LogP contribution in [0.2, 0.25) is 0 Å². The third-order valence-corrected chi connectivity index (χ3v) is 7.49. The van der Waals surface area contributed by atoms with E-state index in [-0.39, 0.29) is 24.6 Å². The van der Waals surface area contributed by atoms with Crippen LogP contribution < -0.4 is 9.47 Å². The summed E-state index contributed by atoms with van der Waals surface area (Å²) >= 11 is 0. The molecule has 1 heterocycles. The molecule has 2 aromatic carbocycles. The quantitative estimate of drug-likeness (QED) is 0.311. The van der Waals surface area contributed by atoms with E-state index in [9.17, 15) is 13.5 Å². The van der Waals surface area contributed by atoms with Gasteiger partial charge in [-0.15, -0.1) is 0 Å². The lowest BCUT2D eigenvalue weighted by molar-refractivity contribution is 0.0431. The molecule has 1 aliphatic rings. The van der Waals surface area contributed by atoms with Crippen molar-refractivity contribution in [1.29, 1.82) is 0 Å². The smallest absolute Gasteiger partial charge is 0.213 e. The van der Waals surface area contributed by atoms with Gasteiger partial charge < -0.3 is 19.3 Å². The minimum Gasteiger partial charge on any atom is -0.486 e. The van der Waals surface area contributed by atoms with Gasteiger partial charge in [0.1, 0.15) is 21.7 Å². The molecule has 8 heteroatoms. The molecule has 0 saturated carbocycles. The molecule has 1 aliphatic carbocycles. The van der Waals surface area contributed by atoms with Gasteiger partial charge in [-0.3, -0.25) is 0 Å². The van der Waals surface area contributed by atoms with Crippen molar-refractivity contribution < 1.29 is 27.7 Å². The number of sulfone groups is 1. The predicted molar refractivity (Wildman–Crippen MR) is 144 cm³/mol. The van der Waals surface area contributed by atoms with E-state index in [1.54, 1.807) is 6.20 Å². The zero-order valence-electron chi connectivity index (χ0n) is 21.4. The van der Waals surface area contributed by atoms with Gasteiger partial charge in [0.2, 0.25) is 5.88 Å². The third-order valence-electron chi connectivity index (χ3n) is 6.46. The van der Waals surface area contributed by atoms with E-state index >= 15 is 0 Å². The van der Waals surface area contributed by atoms with Crippen molar-refractivity contribution in [3.05, 3.63) is 77.5 Å². The summed E-state index contributed by atoms with van der Waals surface area (Å²) in [6, 6.07) is 18.1. The average Bonchev–Trinajstić information content (AvgIpc) is 3.30. The van der Waals surface area contributed by atoms with E-state index in [0.29, 0.717) is 31.9 Å². The summed E-state index contributed by atoms with van der Waals surface area (Å²) in [6.45, 7) is 2.95. The van der Waals surface area contributed by atoms with Crippen LogP contribution in [0, 0.1) is 0 Å². The largest absolute Gasteiger partial charge is 0.486 e. The maximum atomic E-state index is 11.3. The Morgan fingerprint density at radius 1 is 1.11 bits per heavy atom. The monoisotopic (exact) mass is 525 g/mol. The number of hydrogen-bond donors (Lipinski definition) is 1. The first-order chi connectivity index (χ1) is 17.9. The number of nitrogens with zero attached hydrogens (tertiary/aromatic N) is 1. The van der Waals surface area contributed by atoms with E-state index in [0.717, 1.165) is 35.3 Å². The molecule has 0 fully saturated rings. The second-order valence-corrected chi connectivity index (χ2v) is 11.5. The topological polar surface area (TPSA) is 95.0 Å². The van der Waals surface area contributed by atoms with Crippen molar-refractivity contribution in [3.63, 3.8) is 0 Å². The number of ether oxygens (including phenoxy) is 3. The van der Waals surface area contributed by atoms with Gasteiger partial charge in [-0.05, 0) is 66.6 Å². The minimum atomic E-state index is -2.99. The van der Waals surface area contributed by atoms with Gasteiger partial charge in [0.05, 0.1) is 18.5 Å². The second-order valence-electron chi connectivity index (χ2n) is 9.26. The summed E-state index contributed by atoms with van der Waals surface area (Å²) in [6.07, 6.45) is 5.71. The van der Waals surface area contributed by atoms with E-state index in [2.05, 4.69) is 23.2 Å². The zero-order chi connectivity index (χ0) is 26.3. The standard InChI is InChI=1S/C29H35NO6S/c1-3-34-27(16-17-31)21-8-11-23(12-9-21)36-28-14-13-25-24(6-4-7-26(25)28)22-10-15-29(30-20-22)35-18-5-19-37(2,32)33/h4,6-12,15,20,27-28,31H,3,5,13-14,16-19H2,1-2H3/t27-,28+/m0/s1. The van der Waals surface area contributed by atoms with Crippen molar-refractivity contribution >= 4 is 9.84 Å². The number of rotatable bonds is 13. The molecular formula is C29H35NO6S. The summed E-state index contributed by atoms with van der Waals surface area (Å²) in [5, 5.41) is 9.32. The number of hydrogen-bond acceptors (Lipinski definition) is 7. The number of aliphatic hydroxyl groups excluding tert-OH is 1. The van der Waals surface area contributed by atoms with Gasteiger partial charge >= 0.3 is 0 Å². The highest BCUT2D eigenvalue weighted by molar-refractivity contribution is 7.90. The van der Waals surface area contributed by atoms with Crippen LogP contribution in [0.1, 0.15) is 55.1 Å². The van der Waals surface area contributed by atoms with Crippen LogP contribution >= 0.6 is 0 Å². The van der Waals surface area contributed by atoms with E-state index in [4.69, 9.17) is 14.2 Å². The molecule has 0 saturated heterocycles. The Labute approximate surface area is 219 Å². The van der Waals surface area contributed by atoms with Gasteiger partial charge in [0.25, 0.3) is 0 Å². The molecule has 0 amide bonds. The van der Waals surface area contributed by atoms with Gasteiger partial charge in [-0.2, -0.15) is 0 Å². The Morgan fingerprint density at radius 3 is 2.59 bits per heavy atom.